The van der Waals surface area contributed by atoms with Gasteiger partial charge in [-0.3, -0.25) is 0 Å². The highest BCUT2D eigenvalue weighted by Crippen LogP contribution is 2.25. The lowest BCUT2D eigenvalue weighted by atomic mass is 9.89. The van der Waals surface area contributed by atoms with Gasteiger partial charge >= 0.3 is 0 Å². The number of rotatable bonds is 11. The van der Waals surface area contributed by atoms with Crippen LogP contribution in [-0.2, 0) is 6.42 Å². The Balaban J connectivity index is 2.93. The molecule has 0 unspecified atom stereocenters. The van der Waals surface area contributed by atoms with E-state index in [1.807, 2.05) is 0 Å². The van der Waals surface area contributed by atoms with Gasteiger partial charge in [0.25, 0.3) is 0 Å². The second kappa shape index (κ2) is 11.3. The quantitative estimate of drug-likeness (QED) is 0.373. The zero-order valence-electron chi connectivity index (χ0n) is 15.8. The number of hydrogen-bond donors (Lipinski definition) is 0. The van der Waals surface area contributed by atoms with E-state index in [1.54, 1.807) is 0 Å². The average Bonchev–Trinajstić information content (AvgIpc) is 2.55. The van der Waals surface area contributed by atoms with E-state index in [4.69, 9.17) is 0 Å². The van der Waals surface area contributed by atoms with E-state index in [9.17, 15) is 0 Å². The minimum absolute atomic E-state index is 0.720. The van der Waals surface area contributed by atoms with Gasteiger partial charge < -0.3 is 0 Å². The monoisotopic (exact) mass is 312 g/mol. The number of benzene rings is 1. The van der Waals surface area contributed by atoms with Gasteiger partial charge in [0.15, 0.2) is 0 Å². The molecule has 0 heterocycles. The first-order valence-electron chi connectivity index (χ1n) is 9.55. The van der Waals surface area contributed by atoms with Gasteiger partial charge in [-0.1, -0.05) is 94.5 Å². The van der Waals surface area contributed by atoms with E-state index in [2.05, 4.69) is 64.6 Å². The van der Waals surface area contributed by atoms with E-state index in [0.717, 1.165) is 18.8 Å². The predicted molar refractivity (Wildman–Crippen MR) is 105 cm³/mol. The van der Waals surface area contributed by atoms with Crippen LogP contribution < -0.4 is 0 Å². The van der Waals surface area contributed by atoms with Crippen molar-refractivity contribution in [2.24, 2.45) is 5.92 Å². The van der Waals surface area contributed by atoms with Gasteiger partial charge in [0.2, 0.25) is 0 Å². The largest absolute Gasteiger partial charge is 0.0956 e. The number of allylic oxidation sites excluding steroid dienone is 3. The Bertz CT molecular complexity index is 485. The zero-order chi connectivity index (χ0) is 17.1. The molecule has 23 heavy (non-hydrogen) atoms. The molecule has 0 spiro atoms. The third-order valence-corrected chi connectivity index (χ3v) is 4.65. The van der Waals surface area contributed by atoms with E-state index >= 15 is 0 Å². The second-order valence-corrected chi connectivity index (χ2v) is 6.86. The van der Waals surface area contributed by atoms with Crippen LogP contribution >= 0.6 is 0 Å². The second-order valence-electron chi connectivity index (χ2n) is 6.86. The average molecular weight is 313 g/mol. The highest BCUT2D eigenvalue weighted by Gasteiger charge is 2.10. The fourth-order valence-electron chi connectivity index (χ4n) is 3.10. The SMILES string of the molecule is C=C(CC)/C(=C/C(CCCC)CCCC)Cc1cccc(C)c1. The molecule has 0 atom stereocenters. The molecule has 0 aliphatic carbocycles. The molecule has 0 amide bonds. The summed E-state index contributed by atoms with van der Waals surface area (Å²) in [5, 5.41) is 0. The molecule has 1 aromatic carbocycles. The highest BCUT2D eigenvalue weighted by molar-refractivity contribution is 5.35. The first kappa shape index (κ1) is 19.7. The summed E-state index contributed by atoms with van der Waals surface area (Å²) in [7, 11) is 0. The van der Waals surface area contributed by atoms with Gasteiger partial charge in [-0.15, -0.1) is 0 Å². The van der Waals surface area contributed by atoms with Crippen LogP contribution in [0.4, 0.5) is 0 Å². The van der Waals surface area contributed by atoms with Crippen LogP contribution in [0, 0.1) is 12.8 Å². The molecule has 0 nitrogen and oxygen atoms in total. The predicted octanol–water partition coefficient (Wildman–Crippen LogP) is 7.43. The third kappa shape index (κ3) is 7.68. The smallest absolute Gasteiger partial charge is 0.00262 e. The van der Waals surface area contributed by atoms with E-state index in [1.165, 1.54) is 60.8 Å². The molecule has 1 aromatic rings. The lowest BCUT2D eigenvalue weighted by Gasteiger charge is -2.17. The van der Waals surface area contributed by atoms with Gasteiger partial charge in [-0.25, -0.2) is 0 Å². The molecule has 1 rings (SSSR count). The van der Waals surface area contributed by atoms with Gasteiger partial charge in [0.05, 0.1) is 0 Å². The molecular weight excluding hydrogens is 276 g/mol. The molecule has 0 aliphatic rings. The molecule has 0 radical (unpaired) electrons. The zero-order valence-corrected chi connectivity index (χ0v) is 15.8. The van der Waals surface area contributed by atoms with E-state index in [0.29, 0.717) is 0 Å². The Hall–Kier alpha value is -1.30. The summed E-state index contributed by atoms with van der Waals surface area (Å²) in [6, 6.07) is 8.90. The van der Waals surface area contributed by atoms with Crippen LogP contribution in [0.15, 0.2) is 48.1 Å². The molecule has 0 N–H and O–H groups in total. The Morgan fingerprint density at radius 2 is 1.74 bits per heavy atom. The van der Waals surface area contributed by atoms with Gasteiger partial charge in [-0.05, 0) is 49.7 Å². The summed E-state index contributed by atoms with van der Waals surface area (Å²) >= 11 is 0. The minimum atomic E-state index is 0.720. The van der Waals surface area contributed by atoms with Crippen LogP contribution in [0.2, 0.25) is 0 Å². The molecule has 0 aliphatic heterocycles. The van der Waals surface area contributed by atoms with Crippen LogP contribution in [-0.4, -0.2) is 0 Å². The van der Waals surface area contributed by atoms with Crippen LogP contribution in [0.1, 0.15) is 76.8 Å². The molecule has 0 fully saturated rings. The van der Waals surface area contributed by atoms with Crippen molar-refractivity contribution in [2.75, 3.05) is 0 Å². The van der Waals surface area contributed by atoms with Crippen molar-refractivity contribution in [1.82, 2.24) is 0 Å². The lowest BCUT2D eigenvalue weighted by molar-refractivity contribution is 0.494. The van der Waals surface area contributed by atoms with Crippen molar-refractivity contribution >= 4 is 0 Å². The summed E-state index contributed by atoms with van der Waals surface area (Å²) < 4.78 is 0. The van der Waals surface area contributed by atoms with Gasteiger partial charge in [0.1, 0.15) is 0 Å². The van der Waals surface area contributed by atoms with Crippen molar-refractivity contribution in [3.8, 4) is 0 Å². The Kier molecular flexibility index (Phi) is 9.67. The minimum Gasteiger partial charge on any atom is -0.0956 e. The highest BCUT2D eigenvalue weighted by atomic mass is 14.2. The van der Waals surface area contributed by atoms with E-state index < -0.39 is 0 Å². The normalized spacial score (nSPS) is 12.0. The van der Waals surface area contributed by atoms with Crippen molar-refractivity contribution in [1.29, 1.82) is 0 Å². The maximum Gasteiger partial charge on any atom is -0.00262 e. The fourth-order valence-corrected chi connectivity index (χ4v) is 3.10. The standard InChI is InChI=1S/C23H36/c1-6-9-13-21(14-10-7-2)17-23(20(5)8-3)18-22-15-11-12-19(4)16-22/h11-12,15-17,21H,5-10,13-14,18H2,1-4H3/b23-17+. The van der Waals surface area contributed by atoms with Crippen molar-refractivity contribution in [3.05, 3.63) is 59.2 Å². The summed E-state index contributed by atoms with van der Waals surface area (Å²) in [6.07, 6.45) is 12.5. The molecule has 0 bridgehead atoms. The van der Waals surface area contributed by atoms with Crippen molar-refractivity contribution in [2.45, 2.75) is 79.1 Å². The number of hydrogen-bond acceptors (Lipinski definition) is 0. The van der Waals surface area contributed by atoms with E-state index in [-0.39, 0.29) is 0 Å². The number of unbranched alkanes of at least 4 members (excludes halogenated alkanes) is 2. The van der Waals surface area contributed by atoms with Crippen LogP contribution in [0.25, 0.3) is 0 Å². The molecular formula is C23H36. The molecule has 128 valence electrons. The molecule has 0 aromatic heterocycles. The first-order valence-corrected chi connectivity index (χ1v) is 9.55. The van der Waals surface area contributed by atoms with Gasteiger partial charge in [0, 0.05) is 0 Å². The maximum atomic E-state index is 4.34. The summed E-state index contributed by atoms with van der Waals surface area (Å²) in [5.74, 6) is 0.720. The maximum absolute atomic E-state index is 4.34. The van der Waals surface area contributed by atoms with Gasteiger partial charge in [-0.2, -0.15) is 0 Å². The fraction of sp³-hybridized carbons (Fsp3) is 0.565. The molecule has 0 saturated carbocycles. The molecule has 0 saturated heterocycles. The summed E-state index contributed by atoms with van der Waals surface area (Å²) in [5.41, 5.74) is 5.54. The van der Waals surface area contributed by atoms with Crippen molar-refractivity contribution < 1.29 is 0 Å². The summed E-state index contributed by atoms with van der Waals surface area (Å²) in [6.45, 7) is 13.3. The summed E-state index contributed by atoms with van der Waals surface area (Å²) in [4.78, 5) is 0. The number of aryl methyl sites for hydroxylation is 1. The molecule has 0 heteroatoms. The van der Waals surface area contributed by atoms with Crippen LogP contribution in [0.5, 0.6) is 0 Å². The van der Waals surface area contributed by atoms with Crippen LogP contribution in [0.3, 0.4) is 0 Å². The Morgan fingerprint density at radius 1 is 1.09 bits per heavy atom. The topological polar surface area (TPSA) is 0 Å². The Morgan fingerprint density at radius 3 is 2.26 bits per heavy atom. The first-order chi connectivity index (χ1) is 11.1. The third-order valence-electron chi connectivity index (χ3n) is 4.65. The lowest BCUT2D eigenvalue weighted by Crippen LogP contribution is -2.02. The Labute approximate surface area is 144 Å². The van der Waals surface area contributed by atoms with Crippen molar-refractivity contribution in [3.63, 3.8) is 0 Å².